The van der Waals surface area contributed by atoms with Crippen molar-refractivity contribution in [3.05, 3.63) is 22.7 Å². The highest BCUT2D eigenvalue weighted by molar-refractivity contribution is 7.84. The molecule has 24 heavy (non-hydrogen) atoms. The average Bonchev–Trinajstić information content (AvgIpc) is 2.85. The van der Waals surface area contributed by atoms with Crippen LogP contribution in [0.2, 0.25) is 5.02 Å². The smallest absolute Gasteiger partial charge is 0.232 e. The number of fused-ring (bicyclic) bond motifs is 1. The van der Waals surface area contributed by atoms with Crippen LogP contribution in [0.25, 0.3) is 0 Å². The van der Waals surface area contributed by atoms with Crippen LogP contribution in [0.5, 0.6) is 11.5 Å². The zero-order chi connectivity index (χ0) is 16.9. The van der Waals surface area contributed by atoms with Crippen LogP contribution in [-0.4, -0.2) is 28.7 Å². The largest absolute Gasteiger partial charge is 0.454 e. The number of carbonyl (C=O) groups excluding carboxylic acids is 1. The number of rotatable bonds is 5. The van der Waals surface area contributed by atoms with Gasteiger partial charge in [-0.25, -0.2) is 0 Å². The van der Waals surface area contributed by atoms with Crippen molar-refractivity contribution in [2.75, 3.05) is 12.5 Å². The molecule has 5 nitrogen and oxygen atoms in total. The molecule has 0 unspecified atom stereocenters. The molecule has 1 amide bonds. The number of hydrogen-bond acceptors (Lipinski definition) is 4. The molecule has 0 bridgehead atoms. The Morgan fingerprint density at radius 3 is 2.71 bits per heavy atom. The minimum atomic E-state index is -1.28. The molecule has 1 aromatic carbocycles. The van der Waals surface area contributed by atoms with Crippen LogP contribution in [0.4, 0.5) is 0 Å². The predicted molar refractivity (Wildman–Crippen MR) is 93.9 cm³/mol. The summed E-state index contributed by atoms with van der Waals surface area (Å²) in [6.07, 6.45) is 6.84. The Morgan fingerprint density at radius 1 is 1.21 bits per heavy atom. The Hall–Kier alpha value is -1.27. The summed E-state index contributed by atoms with van der Waals surface area (Å²) < 4.78 is 22.8. The Morgan fingerprint density at radius 2 is 1.96 bits per heavy atom. The molecule has 1 aliphatic heterocycles. The van der Waals surface area contributed by atoms with Crippen molar-refractivity contribution in [1.29, 1.82) is 0 Å². The van der Waals surface area contributed by atoms with E-state index in [1.165, 1.54) is 12.8 Å². The van der Waals surface area contributed by atoms with Gasteiger partial charge in [0.15, 0.2) is 11.5 Å². The molecule has 3 rings (SSSR count). The lowest BCUT2D eigenvalue weighted by atomic mass is 10.1. The van der Waals surface area contributed by atoms with Gasteiger partial charge in [-0.3, -0.25) is 9.00 Å². The summed E-state index contributed by atoms with van der Waals surface area (Å²) in [7, 11) is -1.28. The number of nitrogens with one attached hydrogen (secondary N) is 1. The lowest BCUT2D eigenvalue weighted by Crippen LogP contribution is -2.37. The van der Waals surface area contributed by atoms with Crippen LogP contribution in [0.15, 0.2) is 12.1 Å². The Balaban J connectivity index is 1.52. The van der Waals surface area contributed by atoms with Crippen LogP contribution < -0.4 is 14.8 Å². The van der Waals surface area contributed by atoms with E-state index in [-0.39, 0.29) is 30.2 Å². The molecule has 1 aliphatic carbocycles. The molecule has 0 spiro atoms. The van der Waals surface area contributed by atoms with Gasteiger partial charge in [-0.05, 0) is 30.5 Å². The maximum atomic E-state index is 12.3. The zero-order valence-corrected chi connectivity index (χ0v) is 15.1. The summed E-state index contributed by atoms with van der Waals surface area (Å²) in [6.45, 7) is 0.144. The van der Waals surface area contributed by atoms with E-state index < -0.39 is 10.8 Å². The SMILES string of the molecule is O=C(C[S@](=O)Cc1cc(Cl)c2c(c1)OCO2)NC1CCCCCC1. The Labute approximate surface area is 149 Å². The van der Waals surface area contributed by atoms with Gasteiger partial charge in [-0.1, -0.05) is 37.3 Å². The molecule has 0 saturated heterocycles. The van der Waals surface area contributed by atoms with Crippen molar-refractivity contribution < 1.29 is 18.5 Å². The lowest BCUT2D eigenvalue weighted by molar-refractivity contribution is -0.119. The highest BCUT2D eigenvalue weighted by Gasteiger charge is 2.20. The monoisotopic (exact) mass is 371 g/mol. The minimum absolute atomic E-state index is 0.0164. The van der Waals surface area contributed by atoms with Gasteiger partial charge in [-0.2, -0.15) is 0 Å². The molecule has 1 aromatic rings. The molecule has 1 N–H and O–H groups in total. The van der Waals surface area contributed by atoms with Crippen LogP contribution >= 0.6 is 11.6 Å². The second kappa shape index (κ2) is 8.21. The van der Waals surface area contributed by atoms with Gasteiger partial charge in [-0.15, -0.1) is 0 Å². The fraction of sp³-hybridized carbons (Fsp3) is 0.588. The lowest BCUT2D eigenvalue weighted by Gasteiger charge is -2.16. The first-order valence-electron chi connectivity index (χ1n) is 8.34. The van der Waals surface area contributed by atoms with E-state index >= 15 is 0 Å². The number of hydrogen-bond donors (Lipinski definition) is 1. The van der Waals surface area contributed by atoms with E-state index in [1.54, 1.807) is 12.1 Å². The van der Waals surface area contributed by atoms with Crippen molar-refractivity contribution in [3.8, 4) is 11.5 Å². The summed E-state index contributed by atoms with van der Waals surface area (Å²) in [5, 5.41) is 3.47. The number of amides is 1. The van der Waals surface area contributed by atoms with E-state index in [9.17, 15) is 9.00 Å². The topological polar surface area (TPSA) is 64.6 Å². The third kappa shape index (κ3) is 4.63. The highest BCUT2D eigenvalue weighted by Crippen LogP contribution is 2.40. The van der Waals surface area contributed by atoms with Crippen molar-refractivity contribution in [2.45, 2.75) is 50.3 Å². The first-order valence-corrected chi connectivity index (χ1v) is 10.2. The Bertz CT molecular complexity index is 629. The van der Waals surface area contributed by atoms with Gasteiger partial charge in [0, 0.05) is 22.6 Å². The Kier molecular flexibility index (Phi) is 6.00. The van der Waals surface area contributed by atoms with Crippen LogP contribution in [0.1, 0.15) is 44.1 Å². The third-order valence-corrected chi connectivity index (χ3v) is 5.85. The summed E-state index contributed by atoms with van der Waals surface area (Å²) in [6, 6.07) is 3.72. The van der Waals surface area contributed by atoms with E-state index in [1.807, 2.05) is 0 Å². The molecule has 7 heteroatoms. The second-order valence-electron chi connectivity index (χ2n) is 6.30. The summed E-state index contributed by atoms with van der Waals surface area (Å²) in [5.74, 6) is 1.25. The van der Waals surface area contributed by atoms with Gasteiger partial charge in [0.2, 0.25) is 12.7 Å². The number of halogens is 1. The molecule has 1 saturated carbocycles. The van der Waals surface area contributed by atoms with Crippen LogP contribution in [0, 0.1) is 0 Å². The summed E-state index contributed by atoms with van der Waals surface area (Å²) in [5.41, 5.74) is 0.782. The number of benzene rings is 1. The maximum absolute atomic E-state index is 12.3. The van der Waals surface area contributed by atoms with E-state index in [0.29, 0.717) is 16.5 Å². The third-order valence-electron chi connectivity index (χ3n) is 4.33. The fourth-order valence-corrected chi connectivity index (χ4v) is 4.48. The molecule has 0 aromatic heterocycles. The first-order chi connectivity index (χ1) is 11.6. The molecular formula is C17H22ClNO4S. The maximum Gasteiger partial charge on any atom is 0.232 e. The molecule has 132 valence electrons. The molecule has 2 aliphatic rings. The van der Waals surface area contributed by atoms with Gasteiger partial charge in [0.1, 0.15) is 5.75 Å². The fourth-order valence-electron chi connectivity index (χ4n) is 3.18. The van der Waals surface area contributed by atoms with Crippen LogP contribution in [0.3, 0.4) is 0 Å². The van der Waals surface area contributed by atoms with Gasteiger partial charge < -0.3 is 14.8 Å². The normalized spacial score (nSPS) is 18.9. The highest BCUT2D eigenvalue weighted by atomic mass is 35.5. The molecule has 1 atom stereocenters. The van der Waals surface area contributed by atoms with Crippen molar-refractivity contribution in [1.82, 2.24) is 5.32 Å². The van der Waals surface area contributed by atoms with Crippen molar-refractivity contribution in [2.24, 2.45) is 0 Å². The second-order valence-corrected chi connectivity index (χ2v) is 8.16. The minimum Gasteiger partial charge on any atom is -0.454 e. The molecule has 0 radical (unpaired) electrons. The molecule has 1 heterocycles. The summed E-state index contributed by atoms with van der Waals surface area (Å²) in [4.78, 5) is 12.1. The number of carbonyl (C=O) groups is 1. The van der Waals surface area contributed by atoms with Gasteiger partial charge >= 0.3 is 0 Å². The number of ether oxygens (including phenoxy) is 2. The van der Waals surface area contributed by atoms with E-state index in [0.717, 1.165) is 31.2 Å². The standard InChI is InChI=1S/C17H22ClNO4S/c18-14-7-12(8-15-17(14)23-11-22-15)9-24(21)10-16(20)19-13-5-3-1-2-4-6-13/h7-8,13H,1-6,9-11H2,(H,19,20)/t24-/m1/s1. The zero-order valence-electron chi connectivity index (χ0n) is 13.5. The van der Waals surface area contributed by atoms with E-state index in [4.69, 9.17) is 21.1 Å². The van der Waals surface area contributed by atoms with Gasteiger partial charge in [0.05, 0.1) is 5.02 Å². The molecule has 1 fully saturated rings. The first kappa shape index (κ1) is 17.5. The quantitative estimate of drug-likeness (QED) is 0.807. The van der Waals surface area contributed by atoms with Gasteiger partial charge in [0.25, 0.3) is 0 Å². The predicted octanol–water partition coefficient (Wildman–Crippen LogP) is 3.16. The van der Waals surface area contributed by atoms with Crippen molar-refractivity contribution >= 4 is 28.3 Å². The summed E-state index contributed by atoms with van der Waals surface area (Å²) >= 11 is 6.13. The van der Waals surface area contributed by atoms with Crippen LogP contribution in [-0.2, 0) is 21.3 Å². The average molecular weight is 372 g/mol. The molecular weight excluding hydrogens is 350 g/mol. The van der Waals surface area contributed by atoms with E-state index in [2.05, 4.69) is 5.32 Å². The van der Waals surface area contributed by atoms with Crippen molar-refractivity contribution in [3.63, 3.8) is 0 Å².